The molecule has 0 radical (unpaired) electrons. The van der Waals surface area contributed by atoms with Crippen molar-refractivity contribution < 1.29 is 0 Å². The summed E-state index contributed by atoms with van der Waals surface area (Å²) in [6.07, 6.45) is 1.78. The van der Waals surface area contributed by atoms with Gasteiger partial charge in [0, 0.05) is 6.54 Å². The zero-order chi connectivity index (χ0) is 13.1. The van der Waals surface area contributed by atoms with Crippen LogP contribution in [0.25, 0.3) is 16.9 Å². The summed E-state index contributed by atoms with van der Waals surface area (Å²) in [5.41, 5.74) is 2.94. The van der Waals surface area contributed by atoms with Crippen molar-refractivity contribution in [2.24, 2.45) is 0 Å². The number of aromatic nitrogens is 4. The molecule has 19 heavy (non-hydrogen) atoms. The fourth-order valence-electron chi connectivity index (χ4n) is 1.97. The highest BCUT2D eigenvalue weighted by Crippen LogP contribution is 2.15. The van der Waals surface area contributed by atoms with Gasteiger partial charge in [-0.3, -0.25) is 4.57 Å². The first-order valence-electron chi connectivity index (χ1n) is 6.34. The summed E-state index contributed by atoms with van der Waals surface area (Å²) in [5, 5.41) is 11.7. The van der Waals surface area contributed by atoms with Crippen LogP contribution in [-0.2, 0) is 6.54 Å². The molecule has 0 bridgehead atoms. The smallest absolute Gasteiger partial charge is 0.161 e. The molecule has 0 atom stereocenters. The Morgan fingerprint density at radius 3 is 2.79 bits per heavy atom. The maximum Gasteiger partial charge on any atom is 0.161 e. The molecule has 1 N–H and O–H groups in total. The second-order valence-electron chi connectivity index (χ2n) is 4.27. The van der Waals surface area contributed by atoms with Crippen molar-refractivity contribution >= 4 is 11.0 Å². The average molecular weight is 253 g/mol. The van der Waals surface area contributed by atoms with Crippen LogP contribution in [0.3, 0.4) is 0 Å². The van der Waals surface area contributed by atoms with E-state index in [0.29, 0.717) is 0 Å². The molecule has 5 nitrogen and oxygen atoms in total. The zero-order valence-corrected chi connectivity index (χ0v) is 10.7. The van der Waals surface area contributed by atoms with E-state index in [1.165, 1.54) is 0 Å². The van der Waals surface area contributed by atoms with E-state index >= 15 is 0 Å². The quantitative estimate of drug-likeness (QED) is 0.772. The van der Waals surface area contributed by atoms with Gasteiger partial charge in [0.25, 0.3) is 0 Å². The highest BCUT2D eigenvalue weighted by Gasteiger charge is 2.05. The minimum Gasteiger partial charge on any atom is -0.311 e. The molecule has 0 aliphatic rings. The van der Waals surface area contributed by atoms with Crippen LogP contribution in [0.4, 0.5) is 0 Å². The van der Waals surface area contributed by atoms with Gasteiger partial charge in [0.1, 0.15) is 6.33 Å². The second-order valence-corrected chi connectivity index (χ2v) is 4.27. The van der Waals surface area contributed by atoms with Crippen LogP contribution in [0, 0.1) is 0 Å². The third-order valence-corrected chi connectivity index (χ3v) is 2.96. The lowest BCUT2D eigenvalue weighted by atomic mass is 10.3. The topological polar surface area (TPSA) is 55.6 Å². The summed E-state index contributed by atoms with van der Waals surface area (Å²) in [5.74, 6) is 0.786. The predicted octanol–water partition coefficient (Wildman–Crippen LogP) is 1.92. The van der Waals surface area contributed by atoms with Crippen molar-refractivity contribution in [2.45, 2.75) is 13.5 Å². The van der Waals surface area contributed by atoms with Crippen molar-refractivity contribution in [2.75, 3.05) is 6.54 Å². The van der Waals surface area contributed by atoms with Gasteiger partial charge in [0.05, 0.1) is 16.7 Å². The van der Waals surface area contributed by atoms with Crippen molar-refractivity contribution in [3.05, 3.63) is 48.4 Å². The SMILES string of the molecule is CCNCc1ccc(-n2cnc3ccccc32)nn1. The van der Waals surface area contributed by atoms with E-state index in [0.717, 1.165) is 35.6 Å². The average Bonchev–Trinajstić information content (AvgIpc) is 2.90. The Kier molecular flexibility index (Phi) is 3.20. The van der Waals surface area contributed by atoms with Gasteiger partial charge in [0.2, 0.25) is 0 Å². The first-order chi connectivity index (χ1) is 9.38. The number of imidazole rings is 1. The molecular weight excluding hydrogens is 238 g/mol. The van der Waals surface area contributed by atoms with Crippen LogP contribution in [0.15, 0.2) is 42.7 Å². The maximum atomic E-state index is 4.35. The van der Waals surface area contributed by atoms with Crippen LogP contribution >= 0.6 is 0 Å². The Labute approximate surface area is 111 Å². The van der Waals surface area contributed by atoms with Crippen LogP contribution in [-0.4, -0.2) is 26.3 Å². The van der Waals surface area contributed by atoms with Crippen LogP contribution < -0.4 is 5.32 Å². The Hall–Kier alpha value is -2.27. The molecule has 3 aromatic rings. The summed E-state index contributed by atoms with van der Waals surface area (Å²) < 4.78 is 1.94. The molecule has 0 spiro atoms. The van der Waals surface area contributed by atoms with Gasteiger partial charge in [-0.05, 0) is 30.8 Å². The molecule has 0 saturated carbocycles. The molecule has 0 saturated heterocycles. The summed E-state index contributed by atoms with van der Waals surface area (Å²) in [6.45, 7) is 3.74. The first-order valence-corrected chi connectivity index (χ1v) is 6.34. The third kappa shape index (κ3) is 2.32. The molecule has 96 valence electrons. The van der Waals surface area contributed by atoms with Crippen molar-refractivity contribution in [3.8, 4) is 5.82 Å². The molecule has 0 amide bonds. The standard InChI is InChI=1S/C14H15N5/c1-2-15-9-11-7-8-14(18-17-11)19-10-16-12-5-3-4-6-13(12)19/h3-8,10,15H,2,9H2,1H3. The molecule has 0 fully saturated rings. The van der Waals surface area contributed by atoms with Gasteiger partial charge < -0.3 is 5.32 Å². The van der Waals surface area contributed by atoms with Gasteiger partial charge in [-0.1, -0.05) is 19.1 Å². The Morgan fingerprint density at radius 1 is 1.11 bits per heavy atom. The number of fused-ring (bicyclic) bond motifs is 1. The second kappa shape index (κ2) is 5.16. The van der Waals surface area contributed by atoms with Gasteiger partial charge in [-0.15, -0.1) is 5.10 Å². The summed E-state index contributed by atoms with van der Waals surface area (Å²) in [4.78, 5) is 4.35. The largest absolute Gasteiger partial charge is 0.311 e. The van der Waals surface area contributed by atoms with Crippen LogP contribution in [0.2, 0.25) is 0 Å². The molecule has 0 aliphatic heterocycles. The zero-order valence-electron chi connectivity index (χ0n) is 10.7. The van der Waals surface area contributed by atoms with Crippen molar-refractivity contribution in [1.29, 1.82) is 0 Å². The minimum atomic E-state index is 0.745. The lowest BCUT2D eigenvalue weighted by molar-refractivity contribution is 0.696. The molecule has 5 heteroatoms. The molecule has 0 aliphatic carbocycles. The van der Waals surface area contributed by atoms with E-state index in [2.05, 4.69) is 27.4 Å². The maximum absolute atomic E-state index is 4.35. The number of nitrogens with zero attached hydrogens (tertiary/aromatic N) is 4. The Morgan fingerprint density at radius 2 is 2.00 bits per heavy atom. The van der Waals surface area contributed by atoms with Gasteiger partial charge in [-0.25, -0.2) is 4.98 Å². The van der Waals surface area contributed by atoms with Gasteiger partial charge in [0.15, 0.2) is 5.82 Å². The highest BCUT2D eigenvalue weighted by molar-refractivity contribution is 5.76. The predicted molar refractivity (Wildman–Crippen MR) is 74.0 cm³/mol. The molecule has 3 rings (SSSR count). The summed E-state index contributed by atoms with van der Waals surface area (Å²) in [7, 11) is 0. The van der Waals surface area contributed by atoms with Crippen LogP contribution in [0.5, 0.6) is 0 Å². The van der Waals surface area contributed by atoms with Crippen LogP contribution in [0.1, 0.15) is 12.6 Å². The number of hydrogen-bond donors (Lipinski definition) is 1. The molecule has 1 aromatic carbocycles. The van der Waals surface area contributed by atoms with Crippen molar-refractivity contribution in [1.82, 2.24) is 25.1 Å². The summed E-state index contributed by atoms with van der Waals surface area (Å²) >= 11 is 0. The molecular formula is C14H15N5. The van der Waals surface area contributed by atoms with Crippen molar-refractivity contribution in [3.63, 3.8) is 0 Å². The normalized spacial score (nSPS) is 11.0. The van der Waals surface area contributed by atoms with E-state index in [4.69, 9.17) is 0 Å². The molecule has 0 unspecified atom stereocenters. The number of rotatable bonds is 4. The Bertz CT molecular complexity index is 672. The lowest BCUT2D eigenvalue weighted by Crippen LogP contribution is -2.13. The minimum absolute atomic E-state index is 0.745. The highest BCUT2D eigenvalue weighted by atomic mass is 15.2. The van der Waals surface area contributed by atoms with E-state index in [1.807, 2.05) is 41.0 Å². The number of para-hydroxylation sites is 2. The summed E-state index contributed by atoms with van der Waals surface area (Å²) in [6, 6.07) is 11.9. The number of hydrogen-bond acceptors (Lipinski definition) is 4. The van der Waals surface area contributed by atoms with Gasteiger partial charge in [-0.2, -0.15) is 5.10 Å². The van der Waals surface area contributed by atoms with E-state index < -0.39 is 0 Å². The number of nitrogens with one attached hydrogen (secondary N) is 1. The number of benzene rings is 1. The first kappa shape index (κ1) is 11.8. The van der Waals surface area contributed by atoms with E-state index in [-0.39, 0.29) is 0 Å². The van der Waals surface area contributed by atoms with E-state index in [1.54, 1.807) is 6.33 Å². The molecule has 2 aromatic heterocycles. The fraction of sp³-hybridized carbons (Fsp3) is 0.214. The fourth-order valence-corrected chi connectivity index (χ4v) is 1.97. The third-order valence-electron chi connectivity index (χ3n) is 2.96. The van der Waals surface area contributed by atoms with Gasteiger partial charge >= 0.3 is 0 Å². The Balaban J connectivity index is 1.93. The van der Waals surface area contributed by atoms with E-state index in [9.17, 15) is 0 Å². The monoisotopic (exact) mass is 253 g/mol. The lowest BCUT2D eigenvalue weighted by Gasteiger charge is -2.04. The molecule has 2 heterocycles.